The van der Waals surface area contributed by atoms with Crippen LogP contribution < -0.4 is 9.47 Å². The molecule has 2 N–H and O–H groups in total. The number of ether oxygens (including phenoxy) is 2. The Morgan fingerprint density at radius 3 is 2.54 bits per heavy atom. The molecule has 11 heteroatoms. The van der Waals surface area contributed by atoms with Gasteiger partial charge in [-0.15, -0.1) is 0 Å². The molecule has 2 fully saturated rings. The first-order valence-electron chi connectivity index (χ1n) is 11.7. The second-order valence-corrected chi connectivity index (χ2v) is 8.88. The van der Waals surface area contributed by atoms with Gasteiger partial charge >= 0.3 is 6.09 Å². The molecule has 1 aromatic heterocycles. The van der Waals surface area contributed by atoms with Crippen LogP contribution in [-0.4, -0.2) is 80.4 Å². The fourth-order valence-electron chi connectivity index (χ4n) is 4.27. The summed E-state index contributed by atoms with van der Waals surface area (Å²) in [5.74, 6) is -0.384. The van der Waals surface area contributed by atoms with Gasteiger partial charge in [-0.25, -0.2) is 19.2 Å². The first kappa shape index (κ1) is 24.6. The minimum atomic E-state index is -0.944. The fourth-order valence-corrected chi connectivity index (χ4v) is 4.27. The highest BCUT2D eigenvalue weighted by Crippen LogP contribution is 2.31. The third-order valence-electron chi connectivity index (χ3n) is 6.29. The summed E-state index contributed by atoms with van der Waals surface area (Å²) in [5.41, 5.74) is 1.01. The minimum absolute atomic E-state index is 0.0368. The number of hydrogen-bond donors (Lipinski definition) is 2. The van der Waals surface area contributed by atoms with E-state index in [0.717, 1.165) is 6.42 Å². The molecule has 1 aromatic carbocycles. The molecule has 10 nitrogen and oxygen atoms in total. The number of carboxylic acid groups (broad SMARTS) is 1. The van der Waals surface area contributed by atoms with E-state index in [-0.39, 0.29) is 30.1 Å². The van der Waals surface area contributed by atoms with Gasteiger partial charge < -0.3 is 29.5 Å². The molecule has 188 valence electrons. The van der Waals surface area contributed by atoms with Crippen molar-refractivity contribution in [2.24, 2.45) is 0 Å². The average molecular weight is 489 g/mol. The Labute approximate surface area is 202 Å². The molecule has 0 radical (unpaired) electrons. The summed E-state index contributed by atoms with van der Waals surface area (Å²) >= 11 is 0. The molecule has 0 bridgehead atoms. The normalized spacial score (nSPS) is 18.9. The average Bonchev–Trinajstić information content (AvgIpc) is 2.83. The third-order valence-corrected chi connectivity index (χ3v) is 6.29. The summed E-state index contributed by atoms with van der Waals surface area (Å²) in [4.78, 5) is 34.8. The van der Waals surface area contributed by atoms with Gasteiger partial charge in [-0.3, -0.25) is 4.79 Å². The van der Waals surface area contributed by atoms with Crippen LogP contribution in [-0.2, 0) is 11.2 Å². The fraction of sp³-hybridized carbons (Fsp3) is 0.500. The van der Waals surface area contributed by atoms with E-state index in [2.05, 4.69) is 9.97 Å². The lowest BCUT2D eigenvalue weighted by Gasteiger charge is -2.30. The second-order valence-electron chi connectivity index (χ2n) is 8.88. The van der Waals surface area contributed by atoms with E-state index in [4.69, 9.17) is 14.6 Å². The van der Waals surface area contributed by atoms with Crippen LogP contribution in [0, 0.1) is 12.7 Å². The quantitative estimate of drug-likeness (QED) is 0.636. The lowest BCUT2D eigenvalue weighted by atomic mass is 10.1. The number of likely N-dealkylation sites (tertiary alicyclic amines) is 2. The second kappa shape index (κ2) is 10.9. The summed E-state index contributed by atoms with van der Waals surface area (Å²) in [6, 6.07) is 4.34. The lowest BCUT2D eigenvalue weighted by Crippen LogP contribution is -2.42. The van der Waals surface area contributed by atoms with Crippen molar-refractivity contribution in [1.82, 2.24) is 19.8 Å². The number of β-amino-alcohol motifs (C(OH)–C–C–N with tert-alkyl or cyclic N) is 1. The number of aliphatic hydroxyl groups excluding tert-OH is 1. The monoisotopic (exact) mass is 488 g/mol. The maximum absolute atomic E-state index is 14.8. The Morgan fingerprint density at radius 1 is 1.11 bits per heavy atom. The van der Waals surface area contributed by atoms with Crippen molar-refractivity contribution in [2.45, 2.75) is 51.2 Å². The molecule has 2 amide bonds. The number of carbonyl (C=O) groups excluding carboxylic acids is 1. The van der Waals surface area contributed by atoms with Gasteiger partial charge in [0.2, 0.25) is 17.7 Å². The van der Waals surface area contributed by atoms with Crippen molar-refractivity contribution in [3.63, 3.8) is 0 Å². The number of rotatable bonds is 6. The first-order valence-corrected chi connectivity index (χ1v) is 11.7. The van der Waals surface area contributed by atoms with E-state index in [1.54, 1.807) is 17.9 Å². The summed E-state index contributed by atoms with van der Waals surface area (Å²) in [6.07, 6.45) is 2.17. The molecule has 4 rings (SSSR count). The van der Waals surface area contributed by atoms with E-state index in [9.17, 15) is 19.1 Å². The Kier molecular flexibility index (Phi) is 7.64. The number of piperidine rings is 2. The van der Waals surface area contributed by atoms with Crippen LogP contribution in [0.15, 0.2) is 24.5 Å². The zero-order chi connectivity index (χ0) is 24.9. The SMILES string of the molecule is Cc1c(Oc2ccc(CC(=O)N3CCCC(O)C3)cc2F)ncnc1OC1CCN(C(=O)O)CC1. The largest absolute Gasteiger partial charge is 0.474 e. The molecular weight excluding hydrogens is 459 g/mol. The Balaban J connectivity index is 1.38. The predicted molar refractivity (Wildman–Crippen MR) is 122 cm³/mol. The minimum Gasteiger partial charge on any atom is -0.474 e. The van der Waals surface area contributed by atoms with Gasteiger partial charge in [0.15, 0.2) is 11.6 Å². The maximum Gasteiger partial charge on any atom is 0.407 e. The van der Waals surface area contributed by atoms with Crippen LogP contribution in [0.4, 0.5) is 9.18 Å². The number of nitrogens with zero attached hydrogens (tertiary/aromatic N) is 4. The van der Waals surface area contributed by atoms with Crippen molar-refractivity contribution < 1.29 is 33.7 Å². The van der Waals surface area contributed by atoms with Gasteiger partial charge in [-0.1, -0.05) is 6.07 Å². The van der Waals surface area contributed by atoms with Crippen molar-refractivity contribution in [1.29, 1.82) is 0 Å². The number of carbonyl (C=O) groups is 2. The highest BCUT2D eigenvalue weighted by Gasteiger charge is 2.25. The summed E-state index contributed by atoms with van der Waals surface area (Å²) in [7, 11) is 0. The molecule has 2 saturated heterocycles. The molecule has 3 heterocycles. The zero-order valence-corrected chi connectivity index (χ0v) is 19.5. The van der Waals surface area contributed by atoms with Gasteiger partial charge in [0, 0.05) is 39.0 Å². The van der Waals surface area contributed by atoms with Crippen molar-refractivity contribution >= 4 is 12.0 Å². The molecule has 2 aromatic rings. The third kappa shape index (κ3) is 6.16. The summed E-state index contributed by atoms with van der Waals surface area (Å²) in [6.45, 7) is 3.36. The van der Waals surface area contributed by atoms with Crippen LogP contribution in [0.2, 0.25) is 0 Å². The number of benzene rings is 1. The van der Waals surface area contributed by atoms with Gasteiger partial charge in [0.05, 0.1) is 18.1 Å². The highest BCUT2D eigenvalue weighted by molar-refractivity contribution is 5.79. The number of aliphatic hydroxyl groups is 1. The van der Waals surface area contributed by atoms with Crippen LogP contribution >= 0.6 is 0 Å². The maximum atomic E-state index is 14.8. The number of halogens is 1. The zero-order valence-electron chi connectivity index (χ0n) is 19.5. The van der Waals surface area contributed by atoms with Gasteiger partial charge in [-0.05, 0) is 37.5 Å². The molecule has 1 unspecified atom stereocenters. The van der Waals surface area contributed by atoms with Crippen LogP contribution in [0.3, 0.4) is 0 Å². The molecule has 35 heavy (non-hydrogen) atoms. The van der Waals surface area contributed by atoms with E-state index in [0.29, 0.717) is 62.4 Å². The molecule has 1 atom stereocenters. The first-order chi connectivity index (χ1) is 16.8. The Bertz CT molecular complexity index is 1080. The van der Waals surface area contributed by atoms with E-state index < -0.39 is 18.0 Å². The van der Waals surface area contributed by atoms with Gasteiger partial charge in [0.25, 0.3) is 0 Å². The van der Waals surface area contributed by atoms with E-state index >= 15 is 0 Å². The van der Waals surface area contributed by atoms with Crippen molar-refractivity contribution in [2.75, 3.05) is 26.2 Å². The smallest absolute Gasteiger partial charge is 0.407 e. The Morgan fingerprint density at radius 2 is 1.86 bits per heavy atom. The lowest BCUT2D eigenvalue weighted by molar-refractivity contribution is -0.133. The van der Waals surface area contributed by atoms with E-state index in [1.165, 1.54) is 23.4 Å². The number of aromatic nitrogens is 2. The molecule has 2 aliphatic heterocycles. The topological polar surface area (TPSA) is 125 Å². The summed E-state index contributed by atoms with van der Waals surface area (Å²) in [5, 5.41) is 18.8. The standard InChI is InChI=1S/C24H29FN4O6/c1-15-22(34-18-6-9-28(10-7-18)24(32)33)26-14-27-23(15)35-20-5-4-16(11-19(20)25)12-21(31)29-8-2-3-17(30)13-29/h4-5,11,14,17-18,30H,2-3,6-10,12-13H2,1H3,(H,32,33). The van der Waals surface area contributed by atoms with Gasteiger partial charge in [-0.2, -0.15) is 0 Å². The van der Waals surface area contributed by atoms with Crippen LogP contribution in [0.5, 0.6) is 17.5 Å². The number of hydrogen-bond acceptors (Lipinski definition) is 7. The summed E-state index contributed by atoms with van der Waals surface area (Å²) < 4.78 is 26.4. The molecule has 0 saturated carbocycles. The van der Waals surface area contributed by atoms with Crippen molar-refractivity contribution in [3.05, 3.63) is 41.5 Å². The van der Waals surface area contributed by atoms with E-state index in [1.807, 2.05) is 0 Å². The predicted octanol–water partition coefficient (Wildman–Crippen LogP) is 2.76. The molecule has 0 aliphatic carbocycles. The molecule has 0 spiro atoms. The highest BCUT2D eigenvalue weighted by atomic mass is 19.1. The molecular formula is C24H29FN4O6. The van der Waals surface area contributed by atoms with Crippen molar-refractivity contribution in [3.8, 4) is 17.5 Å². The number of amides is 2. The Hall–Kier alpha value is -3.47. The van der Waals surface area contributed by atoms with Crippen LogP contribution in [0.1, 0.15) is 36.8 Å². The molecule has 2 aliphatic rings. The van der Waals surface area contributed by atoms with Gasteiger partial charge in [0.1, 0.15) is 12.4 Å². The van der Waals surface area contributed by atoms with Crippen LogP contribution in [0.25, 0.3) is 0 Å².